The van der Waals surface area contributed by atoms with Gasteiger partial charge in [0.25, 0.3) is 0 Å². The lowest BCUT2D eigenvalue weighted by Crippen LogP contribution is -2.37. The Morgan fingerprint density at radius 3 is 2.89 bits per heavy atom. The molecule has 3 N–H and O–H groups in total. The summed E-state index contributed by atoms with van der Waals surface area (Å²) < 4.78 is 0. The number of nitrogens with two attached hydrogens (primary N) is 1. The molecular formula is C14H22N4O. The van der Waals surface area contributed by atoms with Gasteiger partial charge >= 0.3 is 0 Å². The molecule has 1 aromatic rings. The van der Waals surface area contributed by atoms with Gasteiger partial charge in [-0.2, -0.15) is 0 Å². The lowest BCUT2D eigenvalue weighted by Gasteiger charge is -2.32. The van der Waals surface area contributed by atoms with Gasteiger partial charge in [0.2, 0.25) is 5.91 Å². The van der Waals surface area contributed by atoms with Gasteiger partial charge in [0, 0.05) is 31.8 Å². The minimum absolute atomic E-state index is 0.0607. The molecule has 19 heavy (non-hydrogen) atoms. The summed E-state index contributed by atoms with van der Waals surface area (Å²) in [6.45, 7) is 5.35. The fourth-order valence-corrected chi connectivity index (χ4v) is 2.46. The fraction of sp³-hybridized carbons (Fsp3) is 0.571. The van der Waals surface area contributed by atoms with Gasteiger partial charge in [-0.25, -0.2) is 4.98 Å². The number of hydrogen-bond acceptors (Lipinski definition) is 4. The van der Waals surface area contributed by atoms with Crippen LogP contribution in [0.15, 0.2) is 18.3 Å². The summed E-state index contributed by atoms with van der Waals surface area (Å²) >= 11 is 0. The molecule has 0 aromatic carbocycles. The Morgan fingerprint density at radius 2 is 2.26 bits per heavy atom. The van der Waals surface area contributed by atoms with Crippen LogP contribution in [0.2, 0.25) is 0 Å². The van der Waals surface area contributed by atoms with E-state index in [1.165, 1.54) is 0 Å². The maximum atomic E-state index is 10.9. The van der Waals surface area contributed by atoms with Crippen molar-refractivity contribution in [2.75, 3.05) is 25.4 Å². The van der Waals surface area contributed by atoms with Crippen LogP contribution in [0.25, 0.3) is 0 Å². The van der Waals surface area contributed by atoms with Gasteiger partial charge in [0.1, 0.15) is 5.82 Å². The third kappa shape index (κ3) is 4.21. The van der Waals surface area contributed by atoms with Crippen LogP contribution in [0, 0.1) is 5.92 Å². The van der Waals surface area contributed by atoms with Crippen LogP contribution in [-0.4, -0.2) is 35.4 Å². The van der Waals surface area contributed by atoms with Gasteiger partial charge in [-0.1, -0.05) is 6.07 Å². The third-order valence-corrected chi connectivity index (χ3v) is 3.67. The molecule has 2 heterocycles. The number of aromatic nitrogens is 1. The quantitative estimate of drug-likeness (QED) is 0.849. The van der Waals surface area contributed by atoms with Gasteiger partial charge in [-0.3, -0.25) is 9.69 Å². The largest absolute Gasteiger partial charge is 0.383 e. The number of anilines is 1. The van der Waals surface area contributed by atoms with E-state index in [9.17, 15) is 4.79 Å². The Morgan fingerprint density at radius 1 is 1.53 bits per heavy atom. The average Bonchev–Trinajstić information content (AvgIpc) is 2.40. The predicted molar refractivity (Wildman–Crippen MR) is 75.3 cm³/mol. The number of nitrogen functional groups attached to an aromatic ring is 1. The highest BCUT2D eigenvalue weighted by atomic mass is 16.1. The Hall–Kier alpha value is -1.62. The Bertz CT molecular complexity index is 427. The van der Waals surface area contributed by atoms with E-state index in [1.54, 1.807) is 13.1 Å². The van der Waals surface area contributed by atoms with Crippen LogP contribution in [0.1, 0.15) is 25.3 Å². The standard InChI is InChI=1S/C14H22N4O/c1-11(19)17-9-12-4-7-18(8-5-12)10-13-3-2-6-16-14(13)15/h2-3,6,12H,4-5,7-10H2,1H3,(H2,15,16)(H,17,19). The van der Waals surface area contributed by atoms with Gasteiger partial charge in [-0.15, -0.1) is 0 Å². The molecule has 0 radical (unpaired) electrons. The Labute approximate surface area is 114 Å². The van der Waals surface area contributed by atoms with E-state index in [4.69, 9.17) is 5.73 Å². The molecule has 1 fully saturated rings. The van der Waals surface area contributed by atoms with Crippen molar-refractivity contribution >= 4 is 11.7 Å². The molecule has 2 rings (SSSR count). The topological polar surface area (TPSA) is 71.2 Å². The number of likely N-dealkylation sites (tertiary alicyclic amines) is 1. The number of carbonyl (C=O) groups is 1. The van der Waals surface area contributed by atoms with Crippen LogP contribution in [0.3, 0.4) is 0 Å². The van der Waals surface area contributed by atoms with Crippen LogP contribution in [-0.2, 0) is 11.3 Å². The van der Waals surface area contributed by atoms with E-state index in [0.29, 0.717) is 11.7 Å². The van der Waals surface area contributed by atoms with Crippen molar-refractivity contribution in [3.8, 4) is 0 Å². The number of nitrogens with zero attached hydrogens (tertiary/aromatic N) is 2. The first kappa shape index (κ1) is 13.8. The van der Waals surface area contributed by atoms with Gasteiger partial charge < -0.3 is 11.1 Å². The maximum absolute atomic E-state index is 10.9. The molecule has 0 atom stereocenters. The number of hydrogen-bond donors (Lipinski definition) is 2. The number of piperidine rings is 1. The second-order valence-corrected chi connectivity index (χ2v) is 5.20. The molecule has 5 heteroatoms. The molecule has 1 saturated heterocycles. The van der Waals surface area contributed by atoms with Crippen molar-refractivity contribution in [3.63, 3.8) is 0 Å². The first-order valence-corrected chi connectivity index (χ1v) is 6.81. The Balaban J connectivity index is 1.77. The molecular weight excluding hydrogens is 240 g/mol. The highest BCUT2D eigenvalue weighted by Gasteiger charge is 2.19. The maximum Gasteiger partial charge on any atom is 0.216 e. The first-order chi connectivity index (χ1) is 9.15. The van der Waals surface area contributed by atoms with Crippen molar-refractivity contribution in [3.05, 3.63) is 23.9 Å². The van der Waals surface area contributed by atoms with Crippen molar-refractivity contribution in [1.29, 1.82) is 0 Å². The molecule has 0 unspecified atom stereocenters. The summed E-state index contributed by atoms with van der Waals surface area (Å²) in [5.74, 6) is 1.29. The van der Waals surface area contributed by atoms with E-state index < -0.39 is 0 Å². The lowest BCUT2D eigenvalue weighted by atomic mass is 9.96. The third-order valence-electron chi connectivity index (χ3n) is 3.67. The number of rotatable bonds is 4. The molecule has 0 spiro atoms. The Kier molecular flexibility index (Phi) is 4.74. The summed E-state index contributed by atoms with van der Waals surface area (Å²) in [7, 11) is 0. The summed E-state index contributed by atoms with van der Waals surface area (Å²) in [6.07, 6.45) is 3.97. The van der Waals surface area contributed by atoms with E-state index in [-0.39, 0.29) is 5.91 Å². The number of carbonyl (C=O) groups excluding carboxylic acids is 1. The molecule has 5 nitrogen and oxygen atoms in total. The molecule has 1 amide bonds. The van der Waals surface area contributed by atoms with E-state index in [0.717, 1.165) is 44.6 Å². The number of pyridine rings is 1. The second-order valence-electron chi connectivity index (χ2n) is 5.20. The fourth-order valence-electron chi connectivity index (χ4n) is 2.46. The van der Waals surface area contributed by atoms with Gasteiger partial charge in [-0.05, 0) is 37.9 Å². The molecule has 1 aromatic heterocycles. The molecule has 0 bridgehead atoms. The summed E-state index contributed by atoms with van der Waals surface area (Å²) in [6, 6.07) is 3.96. The normalized spacial score (nSPS) is 17.3. The molecule has 0 aliphatic carbocycles. The SMILES string of the molecule is CC(=O)NCC1CCN(Cc2cccnc2N)CC1. The summed E-state index contributed by atoms with van der Waals surface area (Å²) in [4.78, 5) is 17.4. The first-order valence-electron chi connectivity index (χ1n) is 6.81. The summed E-state index contributed by atoms with van der Waals surface area (Å²) in [5, 5.41) is 2.90. The van der Waals surface area contributed by atoms with Crippen LogP contribution in [0.4, 0.5) is 5.82 Å². The smallest absolute Gasteiger partial charge is 0.216 e. The summed E-state index contributed by atoms with van der Waals surface area (Å²) in [5.41, 5.74) is 6.96. The molecule has 0 saturated carbocycles. The zero-order chi connectivity index (χ0) is 13.7. The highest BCUT2D eigenvalue weighted by molar-refractivity contribution is 5.72. The van der Waals surface area contributed by atoms with E-state index in [2.05, 4.69) is 15.2 Å². The zero-order valence-electron chi connectivity index (χ0n) is 11.4. The van der Waals surface area contributed by atoms with Crippen LogP contribution in [0.5, 0.6) is 0 Å². The predicted octanol–water partition coefficient (Wildman–Crippen LogP) is 1.01. The van der Waals surface area contributed by atoms with Gasteiger partial charge in [0.05, 0.1) is 0 Å². The molecule has 104 valence electrons. The van der Waals surface area contributed by atoms with Crippen molar-refractivity contribution in [1.82, 2.24) is 15.2 Å². The monoisotopic (exact) mass is 262 g/mol. The minimum Gasteiger partial charge on any atom is -0.383 e. The van der Waals surface area contributed by atoms with Crippen molar-refractivity contribution < 1.29 is 4.79 Å². The number of amides is 1. The highest BCUT2D eigenvalue weighted by Crippen LogP contribution is 2.19. The second kappa shape index (κ2) is 6.52. The minimum atomic E-state index is 0.0607. The zero-order valence-corrected chi connectivity index (χ0v) is 11.4. The molecule has 1 aliphatic heterocycles. The number of nitrogens with one attached hydrogen (secondary N) is 1. The van der Waals surface area contributed by atoms with Crippen LogP contribution < -0.4 is 11.1 Å². The molecule has 1 aliphatic rings. The van der Waals surface area contributed by atoms with E-state index >= 15 is 0 Å². The van der Waals surface area contributed by atoms with E-state index in [1.807, 2.05) is 12.1 Å². The van der Waals surface area contributed by atoms with Crippen molar-refractivity contribution in [2.24, 2.45) is 5.92 Å². The average molecular weight is 262 g/mol. The van der Waals surface area contributed by atoms with Crippen molar-refractivity contribution in [2.45, 2.75) is 26.3 Å². The van der Waals surface area contributed by atoms with Crippen LogP contribution >= 0.6 is 0 Å². The van der Waals surface area contributed by atoms with Gasteiger partial charge in [0.15, 0.2) is 0 Å². The lowest BCUT2D eigenvalue weighted by molar-refractivity contribution is -0.119.